The van der Waals surface area contributed by atoms with Gasteiger partial charge >= 0.3 is 0 Å². The Labute approximate surface area is 137 Å². The molecule has 0 atom stereocenters. The number of ether oxygens (including phenoxy) is 3. The third-order valence-corrected chi connectivity index (χ3v) is 4.56. The van der Waals surface area contributed by atoms with Crippen LogP contribution in [0.5, 0.6) is 11.5 Å². The molecule has 0 amide bonds. The van der Waals surface area contributed by atoms with Crippen LogP contribution in [0.1, 0.15) is 35.7 Å². The van der Waals surface area contributed by atoms with Crippen LogP contribution in [0.2, 0.25) is 0 Å². The van der Waals surface area contributed by atoms with E-state index in [0.717, 1.165) is 62.6 Å². The summed E-state index contributed by atoms with van der Waals surface area (Å²) < 4.78 is 16.8. The number of ketones is 1. The molecule has 1 saturated heterocycles. The summed E-state index contributed by atoms with van der Waals surface area (Å²) in [4.78, 5) is 14.2. The first-order chi connectivity index (χ1) is 11.3. The van der Waals surface area contributed by atoms with E-state index in [1.165, 1.54) is 4.90 Å². The second-order valence-corrected chi connectivity index (χ2v) is 6.15. The molecule has 0 aliphatic carbocycles. The quantitative estimate of drug-likeness (QED) is 0.819. The van der Waals surface area contributed by atoms with Gasteiger partial charge in [0.25, 0.3) is 0 Å². The molecule has 1 N–H and O–H groups in total. The van der Waals surface area contributed by atoms with Crippen LogP contribution >= 0.6 is 0 Å². The van der Waals surface area contributed by atoms with E-state index in [1.54, 1.807) is 0 Å². The fourth-order valence-corrected chi connectivity index (χ4v) is 3.14. The first kappa shape index (κ1) is 16.3. The number of hydrogen-bond donors (Lipinski definition) is 1. The molecule has 3 rings (SSSR count). The monoisotopic (exact) mass is 320 g/mol. The molecule has 1 aromatic rings. The molecule has 2 heterocycles. The van der Waals surface area contributed by atoms with Gasteiger partial charge in [0.15, 0.2) is 17.3 Å². The van der Waals surface area contributed by atoms with Gasteiger partial charge in [-0.1, -0.05) is 6.92 Å². The van der Waals surface area contributed by atoms with Gasteiger partial charge in [-0.05, 0) is 24.1 Å². The number of carbonyl (C=O) groups excluding carboxylic acids is 1. The average Bonchev–Trinajstić information content (AvgIpc) is 2.84. The van der Waals surface area contributed by atoms with E-state index in [-0.39, 0.29) is 5.78 Å². The molecule has 1 aromatic carbocycles. The van der Waals surface area contributed by atoms with Gasteiger partial charge in [-0.15, -0.1) is 0 Å². The third-order valence-electron chi connectivity index (χ3n) is 4.56. The summed E-state index contributed by atoms with van der Waals surface area (Å²) in [5.74, 6) is 1.69. The number of quaternary nitrogens is 1. The van der Waals surface area contributed by atoms with E-state index in [1.807, 2.05) is 12.1 Å². The lowest BCUT2D eigenvalue weighted by molar-refractivity contribution is -0.907. The Bertz CT molecular complexity index is 552. The van der Waals surface area contributed by atoms with Crippen LogP contribution < -0.4 is 14.4 Å². The number of nitrogens with one attached hydrogen (secondary N) is 1. The fourth-order valence-electron chi connectivity index (χ4n) is 3.14. The number of hydrogen-bond acceptors (Lipinski definition) is 4. The van der Waals surface area contributed by atoms with Crippen LogP contribution in [-0.4, -0.2) is 51.8 Å². The van der Waals surface area contributed by atoms with Crippen LogP contribution in [0.25, 0.3) is 0 Å². The molecule has 23 heavy (non-hydrogen) atoms. The second kappa shape index (κ2) is 7.79. The maximum Gasteiger partial charge on any atom is 0.168 e. The Kier molecular flexibility index (Phi) is 5.51. The van der Waals surface area contributed by atoms with Gasteiger partial charge in [-0.3, -0.25) is 4.79 Å². The van der Waals surface area contributed by atoms with Gasteiger partial charge in [0.1, 0.15) is 13.1 Å². The van der Waals surface area contributed by atoms with Gasteiger partial charge in [0, 0.05) is 12.0 Å². The van der Waals surface area contributed by atoms with E-state index < -0.39 is 0 Å². The maximum atomic E-state index is 12.7. The Morgan fingerprint density at radius 3 is 2.48 bits per heavy atom. The van der Waals surface area contributed by atoms with Crippen molar-refractivity contribution in [1.29, 1.82) is 0 Å². The molecular formula is C18H26NO4+. The zero-order chi connectivity index (χ0) is 16.1. The molecule has 0 saturated carbocycles. The van der Waals surface area contributed by atoms with Gasteiger partial charge in [0.05, 0.1) is 39.4 Å². The van der Waals surface area contributed by atoms with E-state index in [4.69, 9.17) is 14.2 Å². The molecule has 0 bridgehead atoms. The normalized spacial score (nSPS) is 18.5. The Hall–Kier alpha value is -1.59. The van der Waals surface area contributed by atoms with Crippen molar-refractivity contribution in [2.24, 2.45) is 0 Å². The van der Waals surface area contributed by atoms with Crippen molar-refractivity contribution >= 4 is 5.78 Å². The lowest BCUT2D eigenvalue weighted by Crippen LogP contribution is -3.14. The lowest BCUT2D eigenvalue weighted by Gasteiger charge is -2.23. The van der Waals surface area contributed by atoms with Crippen molar-refractivity contribution in [2.75, 3.05) is 46.1 Å². The van der Waals surface area contributed by atoms with E-state index >= 15 is 0 Å². The number of morpholine rings is 1. The third kappa shape index (κ3) is 4.03. The predicted molar refractivity (Wildman–Crippen MR) is 86.8 cm³/mol. The molecule has 0 aromatic heterocycles. The summed E-state index contributed by atoms with van der Waals surface area (Å²) in [6.45, 7) is 7.85. The zero-order valence-corrected chi connectivity index (χ0v) is 13.9. The molecule has 2 aliphatic heterocycles. The van der Waals surface area contributed by atoms with Crippen molar-refractivity contribution in [3.63, 3.8) is 0 Å². The number of benzene rings is 1. The summed E-state index contributed by atoms with van der Waals surface area (Å²) in [6, 6.07) is 3.87. The lowest BCUT2D eigenvalue weighted by atomic mass is 9.98. The minimum atomic E-state index is 0.205. The van der Waals surface area contributed by atoms with Crippen LogP contribution in [0.4, 0.5) is 0 Å². The molecule has 1 fully saturated rings. The largest absolute Gasteiger partial charge is 0.490 e. The molecule has 2 aliphatic rings. The van der Waals surface area contributed by atoms with Gasteiger partial charge in [-0.25, -0.2) is 0 Å². The highest BCUT2D eigenvalue weighted by Gasteiger charge is 2.20. The number of rotatable bonds is 5. The molecule has 0 spiro atoms. The average molecular weight is 320 g/mol. The summed E-state index contributed by atoms with van der Waals surface area (Å²) in [5, 5.41) is 0. The van der Waals surface area contributed by atoms with E-state index in [9.17, 15) is 4.79 Å². The predicted octanol–water partition coefficient (Wildman–Crippen LogP) is 0.898. The first-order valence-corrected chi connectivity index (χ1v) is 8.65. The van der Waals surface area contributed by atoms with Crippen molar-refractivity contribution < 1.29 is 23.9 Å². The number of Topliss-reactive ketones (excluding diaryl/α,β-unsaturated/α-hetero) is 1. The van der Waals surface area contributed by atoms with Gasteiger partial charge < -0.3 is 19.1 Å². The van der Waals surface area contributed by atoms with Crippen LogP contribution in [0.15, 0.2) is 12.1 Å². The molecular weight excluding hydrogens is 294 g/mol. The standard InChI is InChI=1S/C18H25NO4/c1-2-14-12-17-18(23-9-3-8-22-17)13-15(14)16(20)4-5-19-6-10-21-11-7-19/h12-13H,2-11H2,1H3/p+1. The second-order valence-electron chi connectivity index (χ2n) is 6.15. The number of aryl methyl sites for hydroxylation is 1. The Morgan fingerprint density at radius 2 is 1.78 bits per heavy atom. The van der Waals surface area contributed by atoms with Crippen molar-refractivity contribution in [3.05, 3.63) is 23.3 Å². The van der Waals surface area contributed by atoms with Crippen LogP contribution in [-0.2, 0) is 11.2 Å². The minimum Gasteiger partial charge on any atom is -0.490 e. The SMILES string of the molecule is CCc1cc2c(cc1C(=O)CC[NH+]1CCOCC1)OCCCO2. The van der Waals surface area contributed by atoms with Crippen LogP contribution in [0, 0.1) is 0 Å². The van der Waals surface area contributed by atoms with Crippen LogP contribution in [0.3, 0.4) is 0 Å². The summed E-state index contributed by atoms with van der Waals surface area (Å²) in [6.07, 6.45) is 2.27. The van der Waals surface area contributed by atoms with Crippen molar-refractivity contribution in [1.82, 2.24) is 0 Å². The minimum absolute atomic E-state index is 0.205. The highest BCUT2D eigenvalue weighted by atomic mass is 16.5. The summed E-state index contributed by atoms with van der Waals surface area (Å²) >= 11 is 0. The maximum absolute atomic E-state index is 12.7. The molecule has 0 radical (unpaired) electrons. The van der Waals surface area contributed by atoms with Gasteiger partial charge in [0.2, 0.25) is 0 Å². The summed E-state index contributed by atoms with van der Waals surface area (Å²) in [7, 11) is 0. The van der Waals surface area contributed by atoms with E-state index in [2.05, 4.69) is 6.92 Å². The zero-order valence-electron chi connectivity index (χ0n) is 13.9. The molecule has 126 valence electrons. The van der Waals surface area contributed by atoms with Crippen molar-refractivity contribution in [3.8, 4) is 11.5 Å². The first-order valence-electron chi connectivity index (χ1n) is 8.65. The molecule has 5 nitrogen and oxygen atoms in total. The smallest absolute Gasteiger partial charge is 0.168 e. The number of fused-ring (bicyclic) bond motifs is 1. The highest BCUT2D eigenvalue weighted by Crippen LogP contribution is 2.33. The fraction of sp³-hybridized carbons (Fsp3) is 0.611. The molecule has 0 unspecified atom stereocenters. The number of carbonyl (C=O) groups is 1. The Morgan fingerprint density at radius 1 is 1.09 bits per heavy atom. The van der Waals surface area contributed by atoms with E-state index in [0.29, 0.717) is 25.4 Å². The van der Waals surface area contributed by atoms with Gasteiger partial charge in [-0.2, -0.15) is 0 Å². The highest BCUT2D eigenvalue weighted by molar-refractivity contribution is 5.98. The topological polar surface area (TPSA) is 49.2 Å². The van der Waals surface area contributed by atoms with Crippen molar-refractivity contribution in [2.45, 2.75) is 26.2 Å². The summed E-state index contributed by atoms with van der Waals surface area (Å²) in [5.41, 5.74) is 1.85. The Balaban J connectivity index is 1.72. The molecule has 5 heteroatoms.